The molecule has 0 amide bonds. The molecule has 0 radical (unpaired) electrons. The van der Waals surface area contributed by atoms with Crippen LogP contribution in [-0.2, 0) is 6.61 Å². The lowest BCUT2D eigenvalue weighted by atomic mass is 10.1. The SMILES string of the molecule is N#Cc1ccc(COc2ccc(C3CC3NCCN3CCC(N)C3)cc2)cc1. The fourth-order valence-electron chi connectivity index (χ4n) is 3.92. The van der Waals surface area contributed by atoms with Gasteiger partial charge in [-0.2, -0.15) is 5.26 Å². The molecule has 0 bridgehead atoms. The molecule has 1 saturated heterocycles. The van der Waals surface area contributed by atoms with Crippen LogP contribution in [0.1, 0.15) is 35.4 Å². The van der Waals surface area contributed by atoms with Gasteiger partial charge in [-0.25, -0.2) is 0 Å². The lowest BCUT2D eigenvalue weighted by Gasteiger charge is -2.15. The Labute approximate surface area is 167 Å². The van der Waals surface area contributed by atoms with Crippen LogP contribution in [0.25, 0.3) is 0 Å². The smallest absolute Gasteiger partial charge is 0.119 e. The van der Waals surface area contributed by atoms with Crippen LogP contribution in [0.4, 0.5) is 0 Å². The van der Waals surface area contributed by atoms with Crippen molar-refractivity contribution < 1.29 is 4.74 Å². The van der Waals surface area contributed by atoms with Gasteiger partial charge in [-0.15, -0.1) is 0 Å². The van der Waals surface area contributed by atoms with E-state index >= 15 is 0 Å². The zero-order valence-electron chi connectivity index (χ0n) is 16.2. The summed E-state index contributed by atoms with van der Waals surface area (Å²) in [6.07, 6.45) is 2.34. The number of nitriles is 1. The Kier molecular flexibility index (Phi) is 5.92. The summed E-state index contributed by atoms with van der Waals surface area (Å²) in [6, 6.07) is 19.1. The molecular weight excluding hydrogens is 348 g/mol. The molecule has 0 aromatic heterocycles. The van der Waals surface area contributed by atoms with Gasteiger partial charge in [0.15, 0.2) is 0 Å². The Hall–Kier alpha value is -2.39. The molecule has 28 heavy (non-hydrogen) atoms. The van der Waals surface area contributed by atoms with E-state index in [0.29, 0.717) is 30.2 Å². The van der Waals surface area contributed by atoms with Gasteiger partial charge in [-0.1, -0.05) is 24.3 Å². The van der Waals surface area contributed by atoms with Crippen LogP contribution in [0.2, 0.25) is 0 Å². The molecule has 3 atom stereocenters. The Morgan fingerprint density at radius 2 is 1.93 bits per heavy atom. The summed E-state index contributed by atoms with van der Waals surface area (Å²) in [5.41, 5.74) is 9.08. The van der Waals surface area contributed by atoms with Crippen molar-refractivity contribution in [1.29, 1.82) is 5.26 Å². The maximum atomic E-state index is 8.85. The normalized spacial score (nSPS) is 24.1. The van der Waals surface area contributed by atoms with Gasteiger partial charge in [0.05, 0.1) is 11.6 Å². The molecular formula is C23H28N4O. The minimum atomic E-state index is 0.367. The Bertz CT molecular complexity index is 812. The number of nitrogens with zero attached hydrogens (tertiary/aromatic N) is 2. The van der Waals surface area contributed by atoms with E-state index in [9.17, 15) is 0 Å². The predicted molar refractivity (Wildman–Crippen MR) is 110 cm³/mol. The van der Waals surface area contributed by atoms with Gasteiger partial charge >= 0.3 is 0 Å². The highest BCUT2D eigenvalue weighted by Crippen LogP contribution is 2.41. The van der Waals surface area contributed by atoms with Crippen LogP contribution in [0.5, 0.6) is 5.75 Å². The van der Waals surface area contributed by atoms with E-state index in [-0.39, 0.29) is 0 Å². The fourth-order valence-corrected chi connectivity index (χ4v) is 3.92. The van der Waals surface area contributed by atoms with Crippen LogP contribution in [0.3, 0.4) is 0 Å². The third-order valence-electron chi connectivity index (χ3n) is 5.73. The lowest BCUT2D eigenvalue weighted by molar-refractivity contribution is 0.306. The molecule has 3 N–H and O–H groups in total. The van der Waals surface area contributed by atoms with Gasteiger partial charge in [-0.3, -0.25) is 0 Å². The van der Waals surface area contributed by atoms with Crippen molar-refractivity contribution in [3.63, 3.8) is 0 Å². The van der Waals surface area contributed by atoms with Gasteiger partial charge in [0, 0.05) is 37.6 Å². The second-order valence-corrected chi connectivity index (χ2v) is 7.92. The largest absolute Gasteiger partial charge is 0.489 e. The first kappa shape index (κ1) is 18.9. The van der Waals surface area contributed by atoms with E-state index in [0.717, 1.165) is 43.9 Å². The zero-order chi connectivity index (χ0) is 19.3. The van der Waals surface area contributed by atoms with Crippen molar-refractivity contribution in [2.45, 2.75) is 37.5 Å². The monoisotopic (exact) mass is 376 g/mol. The van der Waals surface area contributed by atoms with Crippen molar-refractivity contribution in [2.24, 2.45) is 5.73 Å². The van der Waals surface area contributed by atoms with Crippen molar-refractivity contribution in [2.75, 3.05) is 26.2 Å². The number of nitrogens with one attached hydrogen (secondary N) is 1. The maximum absolute atomic E-state index is 8.85. The molecule has 4 rings (SSSR count). The van der Waals surface area contributed by atoms with Crippen LogP contribution in [0, 0.1) is 11.3 Å². The molecule has 5 heteroatoms. The standard InChI is InChI=1S/C23H28N4O/c24-14-17-1-3-18(4-2-17)16-28-21-7-5-19(6-8-21)22-13-23(22)26-10-12-27-11-9-20(25)15-27/h1-8,20,22-23,26H,9-13,15-16,25H2. The minimum absolute atomic E-state index is 0.367. The highest BCUT2D eigenvalue weighted by atomic mass is 16.5. The summed E-state index contributed by atoms with van der Waals surface area (Å²) in [4.78, 5) is 2.45. The predicted octanol–water partition coefficient (Wildman–Crippen LogP) is 2.62. The van der Waals surface area contributed by atoms with E-state index < -0.39 is 0 Å². The Balaban J connectivity index is 1.19. The van der Waals surface area contributed by atoms with Crippen LogP contribution >= 0.6 is 0 Å². The molecule has 0 spiro atoms. The molecule has 5 nitrogen and oxygen atoms in total. The molecule has 1 saturated carbocycles. The summed E-state index contributed by atoms with van der Waals surface area (Å²) in [5, 5.41) is 12.5. The number of likely N-dealkylation sites (tertiary alicyclic amines) is 1. The second kappa shape index (κ2) is 8.74. The molecule has 1 heterocycles. The Morgan fingerprint density at radius 1 is 1.14 bits per heavy atom. The number of nitrogens with two attached hydrogens (primary N) is 1. The van der Waals surface area contributed by atoms with E-state index in [2.05, 4.69) is 40.6 Å². The highest BCUT2D eigenvalue weighted by Gasteiger charge is 2.37. The average Bonchev–Trinajstić information content (AvgIpc) is 3.39. The summed E-state index contributed by atoms with van der Waals surface area (Å²) in [5.74, 6) is 1.50. The molecule has 1 aliphatic carbocycles. The maximum Gasteiger partial charge on any atom is 0.119 e. The third kappa shape index (κ3) is 4.90. The van der Waals surface area contributed by atoms with Crippen molar-refractivity contribution in [3.8, 4) is 11.8 Å². The summed E-state index contributed by atoms with van der Waals surface area (Å²) in [6.45, 7) is 4.83. The van der Waals surface area contributed by atoms with Crippen molar-refractivity contribution >= 4 is 0 Å². The first-order valence-corrected chi connectivity index (χ1v) is 10.1. The quantitative estimate of drug-likeness (QED) is 0.741. The molecule has 1 aliphatic heterocycles. The van der Waals surface area contributed by atoms with E-state index in [1.54, 1.807) is 0 Å². The number of ether oxygens (including phenoxy) is 1. The lowest BCUT2D eigenvalue weighted by Crippen LogP contribution is -2.33. The van der Waals surface area contributed by atoms with Crippen LogP contribution in [-0.4, -0.2) is 43.2 Å². The number of hydrogen-bond donors (Lipinski definition) is 2. The summed E-state index contributed by atoms with van der Waals surface area (Å²) in [7, 11) is 0. The molecule has 146 valence electrons. The molecule has 2 aliphatic rings. The molecule has 2 aromatic carbocycles. The van der Waals surface area contributed by atoms with Gasteiger partial charge in [-0.05, 0) is 54.8 Å². The molecule has 2 fully saturated rings. The first-order chi connectivity index (χ1) is 13.7. The molecule has 2 aromatic rings. The summed E-state index contributed by atoms with van der Waals surface area (Å²) >= 11 is 0. The minimum Gasteiger partial charge on any atom is -0.489 e. The summed E-state index contributed by atoms with van der Waals surface area (Å²) < 4.78 is 5.86. The highest BCUT2D eigenvalue weighted by molar-refractivity contribution is 5.35. The van der Waals surface area contributed by atoms with Crippen molar-refractivity contribution in [1.82, 2.24) is 10.2 Å². The first-order valence-electron chi connectivity index (χ1n) is 10.1. The van der Waals surface area contributed by atoms with Crippen LogP contribution in [0.15, 0.2) is 48.5 Å². The van der Waals surface area contributed by atoms with E-state index in [4.69, 9.17) is 15.7 Å². The van der Waals surface area contributed by atoms with E-state index in [1.165, 1.54) is 12.0 Å². The fraction of sp³-hybridized carbons (Fsp3) is 0.435. The number of benzene rings is 2. The van der Waals surface area contributed by atoms with E-state index in [1.807, 2.05) is 24.3 Å². The second-order valence-electron chi connectivity index (χ2n) is 7.92. The molecule has 3 unspecified atom stereocenters. The average molecular weight is 377 g/mol. The van der Waals surface area contributed by atoms with Gasteiger partial charge in [0.2, 0.25) is 0 Å². The van der Waals surface area contributed by atoms with Crippen LogP contribution < -0.4 is 15.8 Å². The topological polar surface area (TPSA) is 74.3 Å². The van der Waals surface area contributed by atoms with Gasteiger partial charge in [0.25, 0.3) is 0 Å². The number of hydrogen-bond acceptors (Lipinski definition) is 5. The third-order valence-corrected chi connectivity index (χ3v) is 5.73. The van der Waals surface area contributed by atoms with Gasteiger partial charge in [0.1, 0.15) is 12.4 Å². The zero-order valence-corrected chi connectivity index (χ0v) is 16.2. The Morgan fingerprint density at radius 3 is 2.61 bits per heavy atom. The number of rotatable bonds is 8. The van der Waals surface area contributed by atoms with Crippen molar-refractivity contribution in [3.05, 3.63) is 65.2 Å². The van der Waals surface area contributed by atoms with Gasteiger partial charge < -0.3 is 20.7 Å².